The van der Waals surface area contributed by atoms with E-state index in [1.54, 1.807) is 11.3 Å². The molecular formula is C17H23N3S. The van der Waals surface area contributed by atoms with Crippen LogP contribution in [0.2, 0.25) is 0 Å². The SMILES string of the molecule is CC(C)(C)NCCCc1nnc(C2Cc3ccccc32)s1. The Hall–Kier alpha value is -1.26. The molecule has 1 aromatic carbocycles. The molecule has 3 rings (SSSR count). The van der Waals surface area contributed by atoms with Crippen molar-refractivity contribution in [2.45, 2.75) is 51.5 Å². The van der Waals surface area contributed by atoms with Crippen LogP contribution < -0.4 is 5.32 Å². The van der Waals surface area contributed by atoms with Crippen molar-refractivity contribution in [3.8, 4) is 0 Å². The minimum absolute atomic E-state index is 0.196. The van der Waals surface area contributed by atoms with E-state index >= 15 is 0 Å². The number of hydrogen-bond donors (Lipinski definition) is 1. The summed E-state index contributed by atoms with van der Waals surface area (Å²) in [6.07, 6.45) is 3.26. The standard InChI is InChI=1S/C17H23N3S/c1-17(2,3)18-10-6-9-15-19-20-16(21-15)14-11-12-7-4-5-8-13(12)14/h4-5,7-8,14,18H,6,9-11H2,1-3H3. The number of aryl methyl sites for hydroxylation is 1. The van der Waals surface area contributed by atoms with Crippen LogP contribution in [-0.4, -0.2) is 22.3 Å². The Bertz CT molecular complexity index is 612. The Labute approximate surface area is 130 Å². The lowest BCUT2D eigenvalue weighted by Crippen LogP contribution is -2.36. The van der Waals surface area contributed by atoms with Gasteiger partial charge in [-0.05, 0) is 51.3 Å². The van der Waals surface area contributed by atoms with Crippen LogP contribution in [0.5, 0.6) is 0 Å². The molecule has 0 bridgehead atoms. The van der Waals surface area contributed by atoms with Crippen molar-refractivity contribution in [1.29, 1.82) is 0 Å². The maximum Gasteiger partial charge on any atom is 0.125 e. The number of benzene rings is 1. The highest BCUT2D eigenvalue weighted by Gasteiger charge is 2.29. The Morgan fingerprint density at radius 2 is 2.05 bits per heavy atom. The van der Waals surface area contributed by atoms with Gasteiger partial charge in [0.25, 0.3) is 0 Å². The number of nitrogens with one attached hydrogen (secondary N) is 1. The van der Waals surface area contributed by atoms with E-state index in [2.05, 4.69) is 60.6 Å². The average molecular weight is 301 g/mol. The third kappa shape index (κ3) is 3.50. The van der Waals surface area contributed by atoms with Crippen LogP contribution >= 0.6 is 11.3 Å². The highest BCUT2D eigenvalue weighted by atomic mass is 32.1. The van der Waals surface area contributed by atoms with E-state index in [0.29, 0.717) is 5.92 Å². The minimum atomic E-state index is 0.196. The summed E-state index contributed by atoms with van der Waals surface area (Å²) in [4.78, 5) is 0. The zero-order valence-corrected chi connectivity index (χ0v) is 13.8. The molecule has 2 aromatic rings. The van der Waals surface area contributed by atoms with Gasteiger partial charge in [0.15, 0.2) is 0 Å². The molecule has 3 nitrogen and oxygen atoms in total. The van der Waals surface area contributed by atoms with Crippen LogP contribution in [0.15, 0.2) is 24.3 Å². The fourth-order valence-corrected chi connectivity index (χ4v) is 3.69. The highest BCUT2D eigenvalue weighted by Crippen LogP contribution is 2.40. The first-order valence-corrected chi connectivity index (χ1v) is 8.50. The van der Waals surface area contributed by atoms with Crippen molar-refractivity contribution in [3.05, 3.63) is 45.4 Å². The summed E-state index contributed by atoms with van der Waals surface area (Å²) in [5, 5.41) is 14.7. The summed E-state index contributed by atoms with van der Waals surface area (Å²) in [6.45, 7) is 7.63. The number of hydrogen-bond acceptors (Lipinski definition) is 4. The molecular weight excluding hydrogens is 278 g/mol. The van der Waals surface area contributed by atoms with Gasteiger partial charge >= 0.3 is 0 Å². The molecule has 112 valence electrons. The van der Waals surface area contributed by atoms with Gasteiger partial charge in [0.1, 0.15) is 10.0 Å². The second-order valence-corrected chi connectivity index (χ2v) is 7.86. The number of fused-ring (bicyclic) bond motifs is 1. The molecule has 0 saturated carbocycles. The van der Waals surface area contributed by atoms with E-state index in [1.807, 2.05) is 0 Å². The highest BCUT2D eigenvalue weighted by molar-refractivity contribution is 7.11. The largest absolute Gasteiger partial charge is 0.312 e. The molecule has 0 fully saturated rings. The molecule has 0 radical (unpaired) electrons. The molecule has 4 heteroatoms. The topological polar surface area (TPSA) is 37.8 Å². The minimum Gasteiger partial charge on any atom is -0.312 e. The first kappa shape index (κ1) is 14.7. The quantitative estimate of drug-likeness (QED) is 0.858. The number of aromatic nitrogens is 2. The molecule has 1 atom stereocenters. The van der Waals surface area contributed by atoms with Crippen LogP contribution in [-0.2, 0) is 12.8 Å². The summed E-state index contributed by atoms with van der Waals surface area (Å²) < 4.78 is 0. The molecule has 0 spiro atoms. The van der Waals surface area contributed by atoms with E-state index < -0.39 is 0 Å². The summed E-state index contributed by atoms with van der Waals surface area (Å²) in [6, 6.07) is 8.66. The number of rotatable bonds is 5. The Kier molecular flexibility index (Phi) is 4.09. The van der Waals surface area contributed by atoms with Gasteiger partial charge < -0.3 is 5.32 Å². The first-order chi connectivity index (χ1) is 10.0. The molecule has 1 aromatic heterocycles. The third-order valence-corrected chi connectivity index (χ3v) is 4.95. The Morgan fingerprint density at radius 3 is 2.81 bits per heavy atom. The van der Waals surface area contributed by atoms with Crippen LogP contribution in [0.25, 0.3) is 0 Å². The van der Waals surface area contributed by atoms with Gasteiger partial charge in [-0.15, -0.1) is 21.5 Å². The maximum atomic E-state index is 4.41. The van der Waals surface area contributed by atoms with Crippen LogP contribution in [0.4, 0.5) is 0 Å². The van der Waals surface area contributed by atoms with E-state index in [4.69, 9.17) is 0 Å². The second kappa shape index (κ2) is 5.85. The average Bonchev–Trinajstić information content (AvgIpc) is 2.84. The second-order valence-electron chi connectivity index (χ2n) is 6.77. The summed E-state index contributed by atoms with van der Waals surface area (Å²) >= 11 is 1.79. The predicted octanol–water partition coefficient (Wildman–Crippen LogP) is 3.55. The molecule has 0 aliphatic heterocycles. The van der Waals surface area contributed by atoms with Gasteiger partial charge in [-0.25, -0.2) is 0 Å². The summed E-state index contributed by atoms with van der Waals surface area (Å²) in [5.41, 5.74) is 3.10. The molecule has 0 amide bonds. The first-order valence-electron chi connectivity index (χ1n) is 7.68. The molecule has 0 saturated heterocycles. The Balaban J connectivity index is 1.54. The van der Waals surface area contributed by atoms with Crippen LogP contribution in [0.1, 0.15) is 54.3 Å². The van der Waals surface area contributed by atoms with Gasteiger partial charge in [0, 0.05) is 17.9 Å². The molecule has 1 heterocycles. The van der Waals surface area contributed by atoms with Crippen molar-refractivity contribution < 1.29 is 0 Å². The molecule has 1 unspecified atom stereocenters. The van der Waals surface area contributed by atoms with Crippen molar-refractivity contribution >= 4 is 11.3 Å². The summed E-state index contributed by atoms with van der Waals surface area (Å²) in [7, 11) is 0. The van der Waals surface area contributed by atoms with Gasteiger partial charge in [-0.3, -0.25) is 0 Å². The zero-order valence-electron chi connectivity index (χ0n) is 13.0. The monoisotopic (exact) mass is 301 g/mol. The predicted molar refractivity (Wildman–Crippen MR) is 88.0 cm³/mol. The van der Waals surface area contributed by atoms with Gasteiger partial charge in [-0.2, -0.15) is 0 Å². The third-order valence-electron chi connectivity index (χ3n) is 3.86. The summed E-state index contributed by atoms with van der Waals surface area (Å²) in [5.74, 6) is 0.486. The van der Waals surface area contributed by atoms with E-state index in [9.17, 15) is 0 Å². The van der Waals surface area contributed by atoms with Crippen molar-refractivity contribution in [2.24, 2.45) is 0 Å². The van der Waals surface area contributed by atoms with Gasteiger partial charge in [0.2, 0.25) is 0 Å². The van der Waals surface area contributed by atoms with Crippen LogP contribution in [0.3, 0.4) is 0 Å². The number of nitrogens with zero attached hydrogens (tertiary/aromatic N) is 2. The molecule has 1 aliphatic rings. The lowest BCUT2D eigenvalue weighted by molar-refractivity contribution is 0.422. The fourth-order valence-electron chi connectivity index (χ4n) is 2.69. The van der Waals surface area contributed by atoms with E-state index in [1.165, 1.54) is 21.1 Å². The molecule has 21 heavy (non-hydrogen) atoms. The Morgan fingerprint density at radius 1 is 1.24 bits per heavy atom. The smallest absolute Gasteiger partial charge is 0.125 e. The lowest BCUT2D eigenvalue weighted by Gasteiger charge is -2.27. The fraction of sp³-hybridized carbons (Fsp3) is 0.529. The lowest BCUT2D eigenvalue weighted by atomic mass is 9.78. The normalized spacial score (nSPS) is 17.4. The van der Waals surface area contributed by atoms with Crippen molar-refractivity contribution in [2.75, 3.05) is 6.54 Å². The van der Waals surface area contributed by atoms with Gasteiger partial charge in [-0.1, -0.05) is 24.3 Å². The maximum absolute atomic E-state index is 4.41. The zero-order chi connectivity index (χ0) is 14.9. The molecule has 1 N–H and O–H groups in total. The van der Waals surface area contributed by atoms with Crippen molar-refractivity contribution in [3.63, 3.8) is 0 Å². The van der Waals surface area contributed by atoms with E-state index in [-0.39, 0.29) is 5.54 Å². The van der Waals surface area contributed by atoms with E-state index in [0.717, 1.165) is 25.8 Å². The molecule has 1 aliphatic carbocycles. The van der Waals surface area contributed by atoms with Crippen molar-refractivity contribution in [1.82, 2.24) is 15.5 Å². The van der Waals surface area contributed by atoms with Gasteiger partial charge in [0.05, 0.1) is 0 Å². The van der Waals surface area contributed by atoms with Crippen LogP contribution in [0, 0.1) is 0 Å².